The van der Waals surface area contributed by atoms with Gasteiger partial charge in [-0.25, -0.2) is 4.39 Å². The lowest BCUT2D eigenvalue weighted by molar-refractivity contribution is 0.190. The Labute approximate surface area is 134 Å². The van der Waals surface area contributed by atoms with Gasteiger partial charge in [-0.05, 0) is 31.2 Å². The quantitative estimate of drug-likeness (QED) is 0.902. The van der Waals surface area contributed by atoms with Crippen LogP contribution >= 0.6 is 0 Å². The third-order valence-corrected chi connectivity index (χ3v) is 4.14. The number of aryl methyl sites for hydroxylation is 2. The van der Waals surface area contributed by atoms with Gasteiger partial charge in [-0.1, -0.05) is 11.2 Å². The van der Waals surface area contributed by atoms with E-state index in [0.29, 0.717) is 24.6 Å². The molecule has 0 aliphatic carbocycles. The van der Waals surface area contributed by atoms with Crippen LogP contribution in [-0.4, -0.2) is 48.8 Å². The zero-order chi connectivity index (χ0) is 16.2. The first-order valence-electron chi connectivity index (χ1n) is 7.73. The molecule has 124 valence electrons. The maximum absolute atomic E-state index is 13.7. The zero-order valence-electron chi connectivity index (χ0n) is 13.4. The molecule has 23 heavy (non-hydrogen) atoms. The minimum atomic E-state index is -0.355. The summed E-state index contributed by atoms with van der Waals surface area (Å²) in [7, 11) is 3.51. The normalized spacial score (nSPS) is 19.0. The predicted octanol–water partition coefficient (Wildman–Crippen LogP) is 1.58. The Hall–Kier alpha value is -1.99. The summed E-state index contributed by atoms with van der Waals surface area (Å²) in [5.41, 5.74) is 0.875. The lowest BCUT2D eigenvalue weighted by Crippen LogP contribution is -2.44. The fourth-order valence-electron chi connectivity index (χ4n) is 2.72. The first kappa shape index (κ1) is 15.9. The van der Waals surface area contributed by atoms with E-state index >= 15 is 0 Å². The van der Waals surface area contributed by atoms with E-state index in [0.717, 1.165) is 25.2 Å². The van der Waals surface area contributed by atoms with E-state index in [1.165, 1.54) is 13.2 Å². The number of benzene rings is 1. The van der Waals surface area contributed by atoms with E-state index in [4.69, 9.17) is 9.26 Å². The highest BCUT2D eigenvalue weighted by Gasteiger charge is 2.25. The molecule has 1 saturated heterocycles. The molecular formula is C16H21FN4O2. The van der Waals surface area contributed by atoms with Crippen LogP contribution in [0.2, 0.25) is 0 Å². The fourth-order valence-corrected chi connectivity index (χ4v) is 2.72. The Morgan fingerprint density at radius 3 is 3.04 bits per heavy atom. The van der Waals surface area contributed by atoms with Crippen LogP contribution in [0.15, 0.2) is 22.7 Å². The number of nitrogens with zero attached hydrogens (tertiary/aromatic N) is 3. The summed E-state index contributed by atoms with van der Waals surface area (Å²) < 4.78 is 23.9. The molecule has 1 aliphatic rings. The van der Waals surface area contributed by atoms with Crippen LogP contribution in [0.1, 0.15) is 23.3 Å². The van der Waals surface area contributed by atoms with Gasteiger partial charge in [-0.2, -0.15) is 4.98 Å². The molecule has 7 heteroatoms. The number of nitrogens with one attached hydrogen (secondary N) is 1. The van der Waals surface area contributed by atoms with E-state index in [1.807, 2.05) is 6.07 Å². The molecule has 0 amide bonds. The number of aromatic nitrogens is 2. The second-order valence-corrected chi connectivity index (χ2v) is 5.72. The smallest absolute Gasteiger partial charge is 0.227 e. The Bertz CT molecular complexity index is 661. The van der Waals surface area contributed by atoms with Gasteiger partial charge in [-0.3, -0.25) is 4.90 Å². The summed E-state index contributed by atoms with van der Waals surface area (Å²) >= 11 is 0. The zero-order valence-corrected chi connectivity index (χ0v) is 13.4. The van der Waals surface area contributed by atoms with E-state index in [9.17, 15) is 4.39 Å². The van der Waals surface area contributed by atoms with Crippen molar-refractivity contribution in [2.24, 2.45) is 0 Å². The molecule has 1 aromatic carbocycles. The van der Waals surface area contributed by atoms with Gasteiger partial charge in [0.2, 0.25) is 5.89 Å². The molecule has 0 saturated carbocycles. The lowest BCUT2D eigenvalue weighted by Gasteiger charge is -2.30. The fraction of sp³-hybridized carbons (Fsp3) is 0.500. The van der Waals surface area contributed by atoms with E-state index in [-0.39, 0.29) is 17.6 Å². The van der Waals surface area contributed by atoms with Crippen molar-refractivity contribution in [1.82, 2.24) is 20.4 Å². The van der Waals surface area contributed by atoms with Crippen molar-refractivity contribution >= 4 is 0 Å². The van der Waals surface area contributed by atoms with Gasteiger partial charge in [0, 0.05) is 26.1 Å². The molecule has 1 aromatic heterocycles. The highest BCUT2D eigenvalue weighted by molar-refractivity contribution is 5.29. The SMILES string of the molecule is COc1ccc(CCc2nc(C3CNCCN3C)no2)cc1F. The number of hydrogen-bond donors (Lipinski definition) is 1. The van der Waals surface area contributed by atoms with Crippen LogP contribution in [0, 0.1) is 5.82 Å². The summed E-state index contributed by atoms with van der Waals surface area (Å²) in [6.45, 7) is 2.75. The molecule has 1 atom stereocenters. The van der Waals surface area contributed by atoms with Crippen molar-refractivity contribution < 1.29 is 13.7 Å². The Morgan fingerprint density at radius 2 is 2.30 bits per heavy atom. The molecule has 1 unspecified atom stereocenters. The van der Waals surface area contributed by atoms with Crippen molar-refractivity contribution in [2.45, 2.75) is 18.9 Å². The number of hydrogen-bond acceptors (Lipinski definition) is 6. The summed E-state index contributed by atoms with van der Waals surface area (Å²) in [5.74, 6) is 1.18. The van der Waals surface area contributed by atoms with Gasteiger partial charge in [0.15, 0.2) is 17.4 Å². The van der Waals surface area contributed by atoms with Gasteiger partial charge in [0.25, 0.3) is 0 Å². The van der Waals surface area contributed by atoms with Crippen LogP contribution in [-0.2, 0) is 12.8 Å². The average molecular weight is 320 g/mol. The first-order valence-corrected chi connectivity index (χ1v) is 7.73. The maximum Gasteiger partial charge on any atom is 0.227 e. The second-order valence-electron chi connectivity index (χ2n) is 5.72. The van der Waals surface area contributed by atoms with Crippen molar-refractivity contribution in [3.05, 3.63) is 41.3 Å². The largest absolute Gasteiger partial charge is 0.494 e. The number of methoxy groups -OCH3 is 1. The Balaban J connectivity index is 1.62. The number of rotatable bonds is 5. The number of ether oxygens (including phenoxy) is 1. The summed E-state index contributed by atoms with van der Waals surface area (Å²) in [6.07, 6.45) is 1.23. The second kappa shape index (κ2) is 7.06. The minimum Gasteiger partial charge on any atom is -0.494 e. The van der Waals surface area contributed by atoms with E-state index in [2.05, 4.69) is 27.4 Å². The Morgan fingerprint density at radius 1 is 1.43 bits per heavy atom. The van der Waals surface area contributed by atoms with Gasteiger partial charge in [-0.15, -0.1) is 0 Å². The number of halogens is 1. The van der Waals surface area contributed by atoms with Crippen LogP contribution in [0.4, 0.5) is 4.39 Å². The first-order chi connectivity index (χ1) is 11.2. The predicted molar refractivity (Wildman–Crippen MR) is 82.9 cm³/mol. The Kier molecular flexibility index (Phi) is 4.88. The summed E-state index contributed by atoms with van der Waals surface area (Å²) in [4.78, 5) is 6.69. The molecule has 1 N–H and O–H groups in total. The molecule has 0 spiro atoms. The molecule has 0 radical (unpaired) electrons. The van der Waals surface area contributed by atoms with Crippen LogP contribution < -0.4 is 10.1 Å². The molecule has 6 nitrogen and oxygen atoms in total. The molecule has 2 aromatic rings. The minimum absolute atomic E-state index is 0.139. The molecular weight excluding hydrogens is 299 g/mol. The summed E-state index contributed by atoms with van der Waals surface area (Å²) in [5, 5.41) is 7.42. The van der Waals surface area contributed by atoms with Crippen LogP contribution in [0.25, 0.3) is 0 Å². The number of piperazine rings is 1. The van der Waals surface area contributed by atoms with Gasteiger partial charge < -0.3 is 14.6 Å². The van der Waals surface area contributed by atoms with Gasteiger partial charge in [0.05, 0.1) is 13.2 Å². The molecule has 3 rings (SSSR count). The van der Waals surface area contributed by atoms with Crippen molar-refractivity contribution in [2.75, 3.05) is 33.8 Å². The monoisotopic (exact) mass is 320 g/mol. The van der Waals surface area contributed by atoms with Gasteiger partial charge in [0.1, 0.15) is 0 Å². The third-order valence-electron chi connectivity index (χ3n) is 4.14. The average Bonchev–Trinajstić information content (AvgIpc) is 3.02. The van der Waals surface area contributed by atoms with Crippen LogP contribution in [0.5, 0.6) is 5.75 Å². The standard InChI is InChI=1S/C16H21FN4O2/c1-21-8-7-18-10-13(21)16-19-15(23-20-16)6-4-11-3-5-14(22-2)12(17)9-11/h3,5,9,13,18H,4,6-8,10H2,1-2H3. The number of likely N-dealkylation sites (N-methyl/N-ethyl adjacent to an activating group) is 1. The van der Waals surface area contributed by atoms with Crippen molar-refractivity contribution in [1.29, 1.82) is 0 Å². The highest BCUT2D eigenvalue weighted by atomic mass is 19.1. The molecule has 1 aliphatic heterocycles. The van der Waals surface area contributed by atoms with E-state index < -0.39 is 0 Å². The molecule has 0 bridgehead atoms. The highest BCUT2D eigenvalue weighted by Crippen LogP contribution is 2.20. The van der Waals surface area contributed by atoms with Gasteiger partial charge >= 0.3 is 0 Å². The third kappa shape index (κ3) is 3.68. The summed E-state index contributed by atoms with van der Waals surface area (Å²) in [6, 6.07) is 5.10. The molecule has 1 fully saturated rings. The van der Waals surface area contributed by atoms with Crippen molar-refractivity contribution in [3.8, 4) is 5.75 Å². The van der Waals surface area contributed by atoms with Crippen molar-refractivity contribution in [3.63, 3.8) is 0 Å². The molecule has 2 heterocycles. The van der Waals surface area contributed by atoms with E-state index in [1.54, 1.807) is 6.07 Å². The lowest BCUT2D eigenvalue weighted by atomic mass is 10.1. The van der Waals surface area contributed by atoms with Crippen LogP contribution in [0.3, 0.4) is 0 Å². The topological polar surface area (TPSA) is 63.4 Å². The maximum atomic E-state index is 13.7.